The second-order valence-electron chi connectivity index (χ2n) is 7.65. The van der Waals surface area contributed by atoms with Crippen LogP contribution in [0.25, 0.3) is 0 Å². The Kier molecular flexibility index (Phi) is 5.53. The summed E-state index contributed by atoms with van der Waals surface area (Å²) in [7, 11) is 0. The lowest BCUT2D eigenvalue weighted by molar-refractivity contribution is -0.142. The number of fused-ring (bicyclic) bond motifs is 2. The van der Waals surface area contributed by atoms with Crippen LogP contribution in [-0.4, -0.2) is 19.5 Å². The quantitative estimate of drug-likeness (QED) is 0.636. The largest absolute Gasteiger partial charge is 0.353 e. The SMILES string of the molecule is CCOC(C)OCC1CC2CC1C(C(C)C)C2C(C)C. The molecule has 0 amide bonds. The molecule has 0 heterocycles. The van der Waals surface area contributed by atoms with Gasteiger partial charge in [0.1, 0.15) is 0 Å². The molecule has 6 unspecified atom stereocenters. The number of hydrogen-bond donors (Lipinski definition) is 0. The Labute approximate surface area is 125 Å². The molecule has 0 spiro atoms. The molecule has 2 aliphatic rings. The Balaban J connectivity index is 1.93. The van der Waals surface area contributed by atoms with E-state index in [-0.39, 0.29) is 6.29 Å². The first kappa shape index (κ1) is 16.3. The summed E-state index contributed by atoms with van der Waals surface area (Å²) in [6.07, 6.45) is 2.79. The molecule has 6 atom stereocenters. The van der Waals surface area contributed by atoms with Crippen molar-refractivity contribution in [3.63, 3.8) is 0 Å². The van der Waals surface area contributed by atoms with Crippen LogP contribution in [0.4, 0.5) is 0 Å². The van der Waals surface area contributed by atoms with E-state index < -0.39 is 0 Å². The predicted molar refractivity (Wildman–Crippen MR) is 83.4 cm³/mol. The van der Waals surface area contributed by atoms with Crippen LogP contribution in [-0.2, 0) is 9.47 Å². The Morgan fingerprint density at radius 3 is 2.10 bits per heavy atom. The minimum atomic E-state index is -0.0440. The molecule has 0 aromatic carbocycles. The van der Waals surface area contributed by atoms with Gasteiger partial charge in [-0.1, -0.05) is 27.7 Å². The van der Waals surface area contributed by atoms with Crippen molar-refractivity contribution in [3.8, 4) is 0 Å². The van der Waals surface area contributed by atoms with Crippen LogP contribution in [0.2, 0.25) is 0 Å². The van der Waals surface area contributed by atoms with E-state index in [1.807, 2.05) is 13.8 Å². The van der Waals surface area contributed by atoms with E-state index in [1.54, 1.807) is 0 Å². The van der Waals surface area contributed by atoms with E-state index in [0.717, 1.165) is 54.6 Å². The lowest BCUT2D eigenvalue weighted by Gasteiger charge is -2.40. The van der Waals surface area contributed by atoms with Crippen molar-refractivity contribution in [3.05, 3.63) is 0 Å². The monoisotopic (exact) mass is 282 g/mol. The first-order valence-electron chi connectivity index (χ1n) is 8.68. The van der Waals surface area contributed by atoms with Crippen molar-refractivity contribution in [2.24, 2.45) is 41.4 Å². The summed E-state index contributed by atoms with van der Waals surface area (Å²) < 4.78 is 11.4. The summed E-state index contributed by atoms with van der Waals surface area (Å²) in [5, 5.41) is 0. The molecule has 2 heteroatoms. The zero-order valence-corrected chi connectivity index (χ0v) is 14.3. The third-order valence-electron chi connectivity index (χ3n) is 5.76. The normalized spacial score (nSPS) is 38.1. The molecule has 0 saturated heterocycles. The van der Waals surface area contributed by atoms with E-state index >= 15 is 0 Å². The van der Waals surface area contributed by atoms with Crippen molar-refractivity contribution in [2.75, 3.05) is 13.2 Å². The molecule has 2 saturated carbocycles. The second-order valence-corrected chi connectivity index (χ2v) is 7.65. The summed E-state index contributed by atoms with van der Waals surface area (Å²) in [5.41, 5.74) is 0. The van der Waals surface area contributed by atoms with Gasteiger partial charge in [-0.05, 0) is 68.1 Å². The van der Waals surface area contributed by atoms with Crippen LogP contribution in [0.5, 0.6) is 0 Å². The van der Waals surface area contributed by atoms with E-state index in [2.05, 4.69) is 27.7 Å². The maximum atomic E-state index is 5.92. The molecule has 0 aromatic rings. The summed E-state index contributed by atoms with van der Waals surface area (Å²) >= 11 is 0. The molecule has 2 bridgehead atoms. The van der Waals surface area contributed by atoms with Gasteiger partial charge < -0.3 is 9.47 Å². The summed E-state index contributed by atoms with van der Waals surface area (Å²) in [6.45, 7) is 15.4. The highest BCUT2D eigenvalue weighted by atomic mass is 16.7. The Hall–Kier alpha value is -0.0800. The number of hydrogen-bond acceptors (Lipinski definition) is 2. The van der Waals surface area contributed by atoms with Gasteiger partial charge in [0.15, 0.2) is 6.29 Å². The maximum Gasteiger partial charge on any atom is 0.154 e. The van der Waals surface area contributed by atoms with Gasteiger partial charge in [0.25, 0.3) is 0 Å². The zero-order chi connectivity index (χ0) is 14.9. The van der Waals surface area contributed by atoms with E-state index in [0.29, 0.717) is 0 Å². The van der Waals surface area contributed by atoms with Crippen LogP contribution in [0.3, 0.4) is 0 Å². The third kappa shape index (κ3) is 3.22. The molecular formula is C18H34O2. The third-order valence-corrected chi connectivity index (χ3v) is 5.76. The van der Waals surface area contributed by atoms with Crippen molar-refractivity contribution in [2.45, 2.75) is 60.7 Å². The topological polar surface area (TPSA) is 18.5 Å². The summed E-state index contributed by atoms with van der Waals surface area (Å²) in [5.74, 6) is 6.10. The van der Waals surface area contributed by atoms with Crippen LogP contribution in [0.1, 0.15) is 54.4 Å². The van der Waals surface area contributed by atoms with Gasteiger partial charge in [-0.25, -0.2) is 0 Å². The number of rotatable bonds is 7. The van der Waals surface area contributed by atoms with Gasteiger partial charge in [-0.2, -0.15) is 0 Å². The lowest BCUT2D eigenvalue weighted by atomic mass is 9.66. The summed E-state index contributed by atoms with van der Waals surface area (Å²) in [4.78, 5) is 0. The standard InChI is InChI=1S/C18H34O2/c1-7-19-13(6)20-10-15-8-14-9-16(15)18(12(4)5)17(14)11(2)3/h11-18H,7-10H2,1-6H3. The highest BCUT2D eigenvalue weighted by Gasteiger charge is 2.53. The average molecular weight is 282 g/mol. The first-order valence-corrected chi connectivity index (χ1v) is 8.68. The zero-order valence-electron chi connectivity index (χ0n) is 14.3. The fourth-order valence-corrected chi connectivity index (χ4v) is 5.25. The van der Waals surface area contributed by atoms with Crippen molar-refractivity contribution in [1.29, 1.82) is 0 Å². The van der Waals surface area contributed by atoms with Gasteiger partial charge in [0, 0.05) is 6.61 Å². The fourth-order valence-electron chi connectivity index (χ4n) is 5.25. The molecule has 2 fully saturated rings. The van der Waals surface area contributed by atoms with Gasteiger partial charge in [0.05, 0.1) is 6.61 Å². The Bertz CT molecular complexity index is 300. The predicted octanol–water partition coefficient (Wildman–Crippen LogP) is 4.59. The minimum Gasteiger partial charge on any atom is -0.353 e. The fraction of sp³-hybridized carbons (Fsp3) is 1.00. The molecule has 2 nitrogen and oxygen atoms in total. The molecular weight excluding hydrogens is 248 g/mol. The van der Waals surface area contributed by atoms with Gasteiger partial charge in [-0.15, -0.1) is 0 Å². The van der Waals surface area contributed by atoms with Gasteiger partial charge in [0.2, 0.25) is 0 Å². The van der Waals surface area contributed by atoms with Gasteiger partial charge in [-0.3, -0.25) is 0 Å². The van der Waals surface area contributed by atoms with E-state index in [1.165, 1.54) is 12.8 Å². The highest BCUT2D eigenvalue weighted by molar-refractivity contribution is 5.02. The van der Waals surface area contributed by atoms with Crippen LogP contribution in [0, 0.1) is 41.4 Å². The molecule has 20 heavy (non-hydrogen) atoms. The first-order chi connectivity index (χ1) is 9.45. The smallest absolute Gasteiger partial charge is 0.154 e. The van der Waals surface area contributed by atoms with Crippen LogP contribution < -0.4 is 0 Å². The molecule has 0 aliphatic heterocycles. The van der Waals surface area contributed by atoms with Gasteiger partial charge >= 0.3 is 0 Å². The Morgan fingerprint density at radius 1 is 0.900 bits per heavy atom. The minimum absolute atomic E-state index is 0.0440. The summed E-state index contributed by atoms with van der Waals surface area (Å²) in [6, 6.07) is 0. The molecule has 2 rings (SSSR count). The molecule has 2 aliphatic carbocycles. The number of ether oxygens (including phenoxy) is 2. The maximum absolute atomic E-state index is 5.92. The average Bonchev–Trinajstić information content (AvgIpc) is 2.93. The van der Waals surface area contributed by atoms with Crippen molar-refractivity contribution in [1.82, 2.24) is 0 Å². The van der Waals surface area contributed by atoms with E-state index in [4.69, 9.17) is 9.47 Å². The lowest BCUT2D eigenvalue weighted by Crippen LogP contribution is -2.36. The second kappa shape index (κ2) is 6.79. The molecule has 0 aromatic heterocycles. The highest BCUT2D eigenvalue weighted by Crippen LogP contribution is 2.59. The molecule has 118 valence electrons. The van der Waals surface area contributed by atoms with Crippen LogP contribution in [0.15, 0.2) is 0 Å². The molecule has 0 radical (unpaired) electrons. The Morgan fingerprint density at radius 2 is 1.55 bits per heavy atom. The van der Waals surface area contributed by atoms with Crippen molar-refractivity contribution >= 4 is 0 Å². The van der Waals surface area contributed by atoms with E-state index in [9.17, 15) is 0 Å². The van der Waals surface area contributed by atoms with Crippen LogP contribution >= 0.6 is 0 Å². The molecule has 0 N–H and O–H groups in total. The van der Waals surface area contributed by atoms with Crippen molar-refractivity contribution < 1.29 is 9.47 Å².